The zero-order valence-corrected chi connectivity index (χ0v) is 14.3. The number of rotatable bonds is 7. The van der Waals surface area contributed by atoms with Crippen LogP contribution in [0.15, 0.2) is 24.5 Å². The monoisotopic (exact) mass is 377 g/mol. The summed E-state index contributed by atoms with van der Waals surface area (Å²) in [6.07, 6.45) is -1.54. The lowest BCUT2D eigenvalue weighted by atomic mass is 10.1. The fourth-order valence-corrected chi connectivity index (χ4v) is 2.67. The van der Waals surface area contributed by atoms with Crippen molar-refractivity contribution >= 4 is 13.8 Å². The Bertz CT molecular complexity index is 649. The Morgan fingerprint density at radius 3 is 2.80 bits per heavy atom. The van der Waals surface area contributed by atoms with Gasteiger partial charge in [0.15, 0.2) is 18.5 Å². The van der Waals surface area contributed by atoms with E-state index < -0.39 is 44.9 Å². The molecule has 5 atom stereocenters. The number of hydrogen-bond donors (Lipinski definition) is 3. The SMILES string of the molecule is CCCOC(=O)c1ccc[n+]([C@@H]2O[C@H](COP(=O)([O-])O)[C@H](O)[C@@H]2O)c1. The lowest BCUT2D eigenvalue weighted by Crippen LogP contribution is -2.46. The number of carbonyl (C=O) groups excluding carboxylic acids is 1. The maximum absolute atomic E-state index is 11.9. The average molecular weight is 377 g/mol. The number of phosphoric acid groups is 1. The molecule has 25 heavy (non-hydrogen) atoms. The summed E-state index contributed by atoms with van der Waals surface area (Å²) in [5.41, 5.74) is 0.223. The summed E-state index contributed by atoms with van der Waals surface area (Å²) in [6.45, 7) is 1.47. The van der Waals surface area contributed by atoms with Gasteiger partial charge in [0.1, 0.15) is 17.8 Å². The minimum Gasteiger partial charge on any atom is -0.756 e. The summed E-state index contributed by atoms with van der Waals surface area (Å²) in [5, 5.41) is 20.1. The molecular weight excluding hydrogens is 357 g/mol. The molecule has 3 N–H and O–H groups in total. The number of phosphoric ester groups is 1. The second-order valence-electron chi connectivity index (χ2n) is 5.49. The predicted molar refractivity (Wildman–Crippen MR) is 78.9 cm³/mol. The van der Waals surface area contributed by atoms with E-state index >= 15 is 0 Å². The molecule has 11 heteroatoms. The molecule has 1 aromatic rings. The Morgan fingerprint density at radius 2 is 2.16 bits per heavy atom. The summed E-state index contributed by atoms with van der Waals surface area (Å²) in [5.74, 6) is -0.545. The van der Waals surface area contributed by atoms with E-state index in [0.29, 0.717) is 6.42 Å². The Kier molecular flexibility index (Phi) is 6.64. The lowest BCUT2D eigenvalue weighted by molar-refractivity contribution is -0.765. The van der Waals surface area contributed by atoms with Crippen LogP contribution in [-0.2, 0) is 18.6 Å². The Labute approximate surface area is 143 Å². The smallest absolute Gasteiger partial charge is 0.344 e. The van der Waals surface area contributed by atoms with Gasteiger partial charge in [0.2, 0.25) is 0 Å². The molecule has 0 aliphatic carbocycles. The van der Waals surface area contributed by atoms with Gasteiger partial charge in [-0.2, -0.15) is 4.57 Å². The zero-order chi connectivity index (χ0) is 18.6. The van der Waals surface area contributed by atoms with E-state index in [1.807, 2.05) is 6.92 Å². The Balaban J connectivity index is 2.10. The number of carbonyl (C=O) groups is 1. The van der Waals surface area contributed by atoms with Crippen molar-refractivity contribution in [3.63, 3.8) is 0 Å². The van der Waals surface area contributed by atoms with Gasteiger partial charge in [0.05, 0.1) is 13.2 Å². The number of esters is 1. The van der Waals surface area contributed by atoms with E-state index in [1.54, 1.807) is 0 Å². The largest absolute Gasteiger partial charge is 0.756 e. The first kappa shape index (κ1) is 19.9. The molecule has 0 radical (unpaired) electrons. The van der Waals surface area contributed by atoms with Crippen molar-refractivity contribution in [2.24, 2.45) is 0 Å². The van der Waals surface area contributed by atoms with Crippen LogP contribution < -0.4 is 9.46 Å². The van der Waals surface area contributed by atoms with Crippen molar-refractivity contribution in [1.82, 2.24) is 0 Å². The van der Waals surface area contributed by atoms with E-state index in [0.717, 1.165) is 0 Å². The lowest BCUT2D eigenvalue weighted by Gasteiger charge is -2.19. The average Bonchev–Trinajstić information content (AvgIpc) is 2.85. The fraction of sp³-hybridized carbons (Fsp3) is 0.571. The van der Waals surface area contributed by atoms with Crippen LogP contribution in [0.4, 0.5) is 0 Å². The van der Waals surface area contributed by atoms with Gasteiger partial charge in [-0.15, -0.1) is 0 Å². The zero-order valence-electron chi connectivity index (χ0n) is 13.4. The highest BCUT2D eigenvalue weighted by molar-refractivity contribution is 7.44. The second-order valence-corrected chi connectivity index (χ2v) is 6.68. The molecule has 10 nitrogen and oxygen atoms in total. The van der Waals surface area contributed by atoms with E-state index in [4.69, 9.17) is 14.4 Å². The molecular formula is C14H20NO9P. The third kappa shape index (κ3) is 5.29. The van der Waals surface area contributed by atoms with E-state index in [2.05, 4.69) is 4.52 Å². The van der Waals surface area contributed by atoms with Crippen LogP contribution in [0.3, 0.4) is 0 Å². The molecule has 140 valence electrons. The highest BCUT2D eigenvalue weighted by atomic mass is 31.2. The topological polar surface area (TPSA) is 149 Å². The van der Waals surface area contributed by atoms with Gasteiger partial charge in [-0.25, -0.2) is 4.79 Å². The summed E-state index contributed by atoms with van der Waals surface area (Å²) in [4.78, 5) is 31.1. The van der Waals surface area contributed by atoms with Crippen molar-refractivity contribution in [1.29, 1.82) is 0 Å². The van der Waals surface area contributed by atoms with Gasteiger partial charge < -0.3 is 34.0 Å². The highest BCUT2D eigenvalue weighted by Crippen LogP contribution is 2.33. The minimum atomic E-state index is -4.98. The van der Waals surface area contributed by atoms with Crippen LogP contribution in [0.25, 0.3) is 0 Å². The van der Waals surface area contributed by atoms with Gasteiger partial charge in [-0.1, -0.05) is 6.92 Å². The van der Waals surface area contributed by atoms with Crippen molar-refractivity contribution in [2.75, 3.05) is 13.2 Å². The number of nitrogens with zero attached hydrogens (tertiary/aromatic N) is 1. The summed E-state index contributed by atoms with van der Waals surface area (Å²) in [6, 6.07) is 3.06. The number of aliphatic hydroxyl groups is 2. The molecule has 2 heterocycles. The first-order chi connectivity index (χ1) is 11.7. The van der Waals surface area contributed by atoms with E-state index in [-0.39, 0.29) is 12.2 Å². The molecule has 1 unspecified atom stereocenters. The van der Waals surface area contributed by atoms with Crippen LogP contribution in [-0.4, -0.2) is 52.6 Å². The van der Waals surface area contributed by atoms with Crippen LogP contribution in [0.5, 0.6) is 0 Å². The maximum atomic E-state index is 11.9. The van der Waals surface area contributed by atoms with Gasteiger partial charge in [-0.05, 0) is 12.5 Å². The number of hydrogen-bond acceptors (Lipinski definition) is 8. The Morgan fingerprint density at radius 1 is 1.44 bits per heavy atom. The molecule has 0 spiro atoms. The van der Waals surface area contributed by atoms with Crippen LogP contribution in [0, 0.1) is 0 Å². The number of aliphatic hydroxyl groups excluding tert-OH is 2. The van der Waals surface area contributed by atoms with E-state index in [9.17, 15) is 24.5 Å². The molecule has 0 aromatic carbocycles. The molecule has 0 saturated carbocycles. The molecule has 1 aromatic heterocycles. The van der Waals surface area contributed by atoms with Gasteiger partial charge in [-0.3, -0.25) is 4.57 Å². The van der Waals surface area contributed by atoms with Gasteiger partial charge >= 0.3 is 5.97 Å². The number of pyridine rings is 1. The van der Waals surface area contributed by atoms with Crippen LogP contribution in [0.1, 0.15) is 29.9 Å². The first-order valence-corrected chi connectivity index (χ1v) is 9.10. The minimum absolute atomic E-state index is 0.223. The van der Waals surface area contributed by atoms with Gasteiger partial charge in [0, 0.05) is 6.07 Å². The molecule has 1 saturated heterocycles. The third-order valence-electron chi connectivity index (χ3n) is 3.53. The third-order valence-corrected chi connectivity index (χ3v) is 4.00. The maximum Gasteiger partial charge on any atom is 0.344 e. The molecule has 0 bridgehead atoms. The molecule has 1 aliphatic rings. The summed E-state index contributed by atoms with van der Waals surface area (Å²) < 4.78 is 26.6. The molecule has 2 rings (SSSR count). The standard InChI is InChI=1S/C14H20NO9P/c1-2-6-22-14(18)9-4-3-5-15(7-9)13-12(17)11(16)10(24-13)8-23-25(19,20)21/h3-5,7,10-13,16-17H,2,6,8H2,1H3,(H-,19,20,21)/t10-,11+,12+,13-/m1/s1. The highest BCUT2D eigenvalue weighted by Gasteiger charge is 2.48. The summed E-state index contributed by atoms with van der Waals surface area (Å²) >= 11 is 0. The second kappa shape index (κ2) is 8.33. The number of ether oxygens (including phenoxy) is 2. The normalized spacial score (nSPS) is 28.5. The van der Waals surface area contributed by atoms with Crippen molar-refractivity contribution in [2.45, 2.75) is 37.9 Å². The van der Waals surface area contributed by atoms with Crippen LogP contribution >= 0.6 is 7.82 Å². The Hall–Kier alpha value is -1.39. The molecule has 1 aliphatic heterocycles. The quantitative estimate of drug-likeness (QED) is 0.297. The molecule has 0 amide bonds. The van der Waals surface area contributed by atoms with Gasteiger partial charge in [0.25, 0.3) is 14.1 Å². The molecule has 1 fully saturated rings. The van der Waals surface area contributed by atoms with Crippen molar-refractivity contribution in [3.8, 4) is 0 Å². The van der Waals surface area contributed by atoms with Crippen LogP contribution in [0.2, 0.25) is 0 Å². The number of aromatic nitrogens is 1. The summed E-state index contributed by atoms with van der Waals surface area (Å²) in [7, 11) is -4.98. The van der Waals surface area contributed by atoms with Crippen molar-refractivity contribution < 1.29 is 47.9 Å². The predicted octanol–water partition coefficient (Wildman–Crippen LogP) is -1.36. The van der Waals surface area contributed by atoms with E-state index in [1.165, 1.54) is 29.1 Å². The fourth-order valence-electron chi connectivity index (χ4n) is 2.33. The first-order valence-electron chi connectivity index (χ1n) is 7.61. The van der Waals surface area contributed by atoms with Crippen molar-refractivity contribution in [3.05, 3.63) is 30.1 Å².